The van der Waals surface area contributed by atoms with Gasteiger partial charge in [0.2, 0.25) is 17.8 Å². The average molecular weight is 396 g/mol. The SMILES string of the molecule is CC1CCCCN1c1nc(Nc2ccc(F)cc2)nc(Nc2ccc(F)cc2)n1. The monoisotopic (exact) mass is 396 g/mol. The molecular weight excluding hydrogens is 374 g/mol. The van der Waals surface area contributed by atoms with Crippen molar-refractivity contribution in [3.63, 3.8) is 0 Å². The van der Waals surface area contributed by atoms with Crippen molar-refractivity contribution < 1.29 is 8.78 Å². The van der Waals surface area contributed by atoms with E-state index in [0.717, 1.165) is 19.4 Å². The van der Waals surface area contributed by atoms with Crippen molar-refractivity contribution in [1.29, 1.82) is 0 Å². The Bertz CT molecular complexity index is 896. The Hall–Kier alpha value is -3.29. The van der Waals surface area contributed by atoms with E-state index in [0.29, 0.717) is 35.3 Å². The Morgan fingerprint density at radius 3 is 1.79 bits per heavy atom. The minimum Gasteiger partial charge on any atom is -0.338 e. The van der Waals surface area contributed by atoms with Crippen molar-refractivity contribution in [2.75, 3.05) is 22.1 Å². The van der Waals surface area contributed by atoms with Gasteiger partial charge >= 0.3 is 0 Å². The van der Waals surface area contributed by atoms with Gasteiger partial charge in [0.25, 0.3) is 0 Å². The van der Waals surface area contributed by atoms with Crippen molar-refractivity contribution in [2.45, 2.75) is 32.2 Å². The molecule has 4 rings (SSSR count). The van der Waals surface area contributed by atoms with Crippen LogP contribution in [0.3, 0.4) is 0 Å². The second-order valence-corrected chi connectivity index (χ2v) is 7.08. The molecule has 1 atom stereocenters. The highest BCUT2D eigenvalue weighted by Gasteiger charge is 2.22. The van der Waals surface area contributed by atoms with Crippen LogP contribution in [0.5, 0.6) is 0 Å². The number of nitrogens with zero attached hydrogens (tertiary/aromatic N) is 4. The number of piperidine rings is 1. The van der Waals surface area contributed by atoms with E-state index in [4.69, 9.17) is 0 Å². The molecule has 1 unspecified atom stereocenters. The molecule has 1 aliphatic rings. The fourth-order valence-corrected chi connectivity index (χ4v) is 3.32. The zero-order chi connectivity index (χ0) is 20.2. The molecule has 29 heavy (non-hydrogen) atoms. The number of benzene rings is 2. The maximum atomic E-state index is 13.2. The van der Waals surface area contributed by atoms with Gasteiger partial charge in [0.1, 0.15) is 11.6 Å². The Kier molecular flexibility index (Phi) is 5.50. The quantitative estimate of drug-likeness (QED) is 0.632. The second kappa shape index (κ2) is 8.38. The van der Waals surface area contributed by atoms with Crippen molar-refractivity contribution in [3.05, 3.63) is 60.2 Å². The van der Waals surface area contributed by atoms with Gasteiger partial charge in [0.05, 0.1) is 0 Å². The molecule has 1 aliphatic heterocycles. The Labute approximate surface area is 168 Å². The Balaban J connectivity index is 1.66. The molecule has 1 aromatic heterocycles. The van der Waals surface area contributed by atoms with Gasteiger partial charge in [-0.05, 0) is 74.7 Å². The molecule has 8 heteroatoms. The average Bonchev–Trinajstić information content (AvgIpc) is 2.72. The summed E-state index contributed by atoms with van der Waals surface area (Å²) in [5.74, 6) is 0.648. The molecule has 0 radical (unpaired) electrons. The zero-order valence-corrected chi connectivity index (χ0v) is 16.1. The largest absolute Gasteiger partial charge is 0.338 e. The van der Waals surface area contributed by atoms with Crippen LogP contribution in [-0.2, 0) is 0 Å². The van der Waals surface area contributed by atoms with Gasteiger partial charge in [-0.1, -0.05) is 0 Å². The molecule has 1 fully saturated rings. The smallest absolute Gasteiger partial charge is 0.233 e. The molecule has 150 valence electrons. The van der Waals surface area contributed by atoms with E-state index in [1.165, 1.54) is 30.7 Å². The summed E-state index contributed by atoms with van der Waals surface area (Å²) >= 11 is 0. The lowest BCUT2D eigenvalue weighted by Crippen LogP contribution is -2.38. The number of nitrogens with one attached hydrogen (secondary N) is 2. The van der Waals surface area contributed by atoms with Crippen LogP contribution in [0.15, 0.2) is 48.5 Å². The summed E-state index contributed by atoms with van der Waals surface area (Å²) in [5, 5.41) is 6.21. The van der Waals surface area contributed by atoms with E-state index in [1.54, 1.807) is 24.3 Å². The highest BCUT2D eigenvalue weighted by molar-refractivity contribution is 5.59. The van der Waals surface area contributed by atoms with Gasteiger partial charge in [0.15, 0.2) is 0 Å². The summed E-state index contributed by atoms with van der Waals surface area (Å²) in [6.07, 6.45) is 3.34. The summed E-state index contributed by atoms with van der Waals surface area (Å²) in [5.41, 5.74) is 1.34. The molecular formula is C21H22F2N6. The van der Waals surface area contributed by atoms with Crippen LogP contribution in [0.25, 0.3) is 0 Å². The molecule has 0 spiro atoms. The molecule has 2 aromatic carbocycles. The van der Waals surface area contributed by atoms with Crippen LogP contribution < -0.4 is 15.5 Å². The third-order valence-electron chi connectivity index (χ3n) is 4.88. The number of aromatic nitrogens is 3. The highest BCUT2D eigenvalue weighted by Crippen LogP contribution is 2.25. The van der Waals surface area contributed by atoms with E-state index >= 15 is 0 Å². The first kappa shape index (κ1) is 19.0. The molecule has 1 saturated heterocycles. The fraction of sp³-hybridized carbons (Fsp3) is 0.286. The standard InChI is InChI=1S/C21H22F2N6/c1-14-4-2-3-13-29(14)21-27-19(24-17-9-5-15(22)6-10-17)26-20(28-21)25-18-11-7-16(23)8-12-18/h5-12,14H,2-4,13H2,1H3,(H2,24,25,26,27,28). The van der Waals surface area contributed by atoms with Crippen molar-refractivity contribution in [2.24, 2.45) is 0 Å². The number of anilines is 5. The lowest BCUT2D eigenvalue weighted by atomic mass is 10.0. The molecule has 2 heterocycles. The second-order valence-electron chi connectivity index (χ2n) is 7.08. The predicted molar refractivity (Wildman–Crippen MR) is 110 cm³/mol. The predicted octanol–water partition coefficient (Wildman–Crippen LogP) is 5.02. The van der Waals surface area contributed by atoms with E-state index in [1.807, 2.05) is 0 Å². The highest BCUT2D eigenvalue weighted by atomic mass is 19.1. The van der Waals surface area contributed by atoms with Crippen LogP contribution in [-0.4, -0.2) is 27.5 Å². The topological polar surface area (TPSA) is 66.0 Å². The molecule has 0 amide bonds. The lowest BCUT2D eigenvalue weighted by molar-refractivity contribution is 0.477. The summed E-state index contributed by atoms with van der Waals surface area (Å²) in [6.45, 7) is 3.03. The summed E-state index contributed by atoms with van der Waals surface area (Å²) in [7, 11) is 0. The first-order valence-corrected chi connectivity index (χ1v) is 9.65. The number of rotatable bonds is 5. The van der Waals surface area contributed by atoms with Crippen LogP contribution in [0.4, 0.5) is 38.0 Å². The minimum atomic E-state index is -0.312. The van der Waals surface area contributed by atoms with Gasteiger partial charge in [-0.2, -0.15) is 15.0 Å². The van der Waals surface area contributed by atoms with Gasteiger partial charge in [-0.25, -0.2) is 8.78 Å². The molecule has 6 nitrogen and oxygen atoms in total. The van der Waals surface area contributed by atoms with Crippen LogP contribution in [0, 0.1) is 11.6 Å². The number of hydrogen-bond donors (Lipinski definition) is 2. The fourth-order valence-electron chi connectivity index (χ4n) is 3.32. The zero-order valence-electron chi connectivity index (χ0n) is 16.1. The van der Waals surface area contributed by atoms with Crippen molar-refractivity contribution in [3.8, 4) is 0 Å². The first-order valence-electron chi connectivity index (χ1n) is 9.65. The third-order valence-corrected chi connectivity index (χ3v) is 4.88. The Morgan fingerprint density at radius 2 is 1.31 bits per heavy atom. The van der Waals surface area contributed by atoms with Crippen LogP contribution in [0.2, 0.25) is 0 Å². The van der Waals surface area contributed by atoms with E-state index < -0.39 is 0 Å². The molecule has 2 N–H and O–H groups in total. The maximum Gasteiger partial charge on any atom is 0.233 e. The third kappa shape index (κ3) is 4.77. The van der Waals surface area contributed by atoms with E-state index in [-0.39, 0.29) is 11.6 Å². The van der Waals surface area contributed by atoms with Crippen LogP contribution in [0.1, 0.15) is 26.2 Å². The van der Waals surface area contributed by atoms with Gasteiger partial charge in [-0.15, -0.1) is 0 Å². The van der Waals surface area contributed by atoms with Crippen LogP contribution >= 0.6 is 0 Å². The molecule has 0 saturated carbocycles. The van der Waals surface area contributed by atoms with E-state index in [2.05, 4.69) is 37.4 Å². The van der Waals surface area contributed by atoms with Crippen molar-refractivity contribution >= 4 is 29.2 Å². The number of halogens is 2. The molecule has 0 bridgehead atoms. The maximum absolute atomic E-state index is 13.2. The lowest BCUT2D eigenvalue weighted by Gasteiger charge is -2.33. The summed E-state index contributed by atoms with van der Waals surface area (Å²) in [4.78, 5) is 15.8. The summed E-state index contributed by atoms with van der Waals surface area (Å²) in [6, 6.07) is 12.3. The molecule has 0 aliphatic carbocycles. The van der Waals surface area contributed by atoms with Gasteiger partial charge in [-0.3, -0.25) is 0 Å². The molecule has 3 aromatic rings. The normalized spacial score (nSPS) is 16.5. The summed E-state index contributed by atoms with van der Waals surface area (Å²) < 4.78 is 26.4. The Morgan fingerprint density at radius 1 is 0.793 bits per heavy atom. The minimum absolute atomic E-state index is 0.312. The first-order chi connectivity index (χ1) is 14.1. The van der Waals surface area contributed by atoms with E-state index in [9.17, 15) is 8.78 Å². The van der Waals surface area contributed by atoms with Gasteiger partial charge < -0.3 is 15.5 Å². The number of hydrogen-bond acceptors (Lipinski definition) is 6. The van der Waals surface area contributed by atoms with Gasteiger partial charge in [0, 0.05) is 24.0 Å². The van der Waals surface area contributed by atoms with Crippen molar-refractivity contribution in [1.82, 2.24) is 15.0 Å².